The summed E-state index contributed by atoms with van der Waals surface area (Å²) in [5, 5.41) is 0. The van der Waals surface area contributed by atoms with Crippen molar-refractivity contribution in [3.8, 4) is 0 Å². The lowest BCUT2D eigenvalue weighted by Crippen LogP contribution is -2.31. The second-order valence-corrected chi connectivity index (χ2v) is 5.17. The Morgan fingerprint density at radius 3 is 3.00 bits per heavy atom. The van der Waals surface area contributed by atoms with Gasteiger partial charge in [-0.15, -0.1) is 0 Å². The quantitative estimate of drug-likeness (QED) is 0.747. The molecule has 78 valence electrons. The van der Waals surface area contributed by atoms with Crippen LogP contribution in [0.5, 0.6) is 0 Å². The molecule has 0 amide bonds. The van der Waals surface area contributed by atoms with Gasteiger partial charge in [0.15, 0.2) is 0 Å². The largest absolute Gasteiger partial charge is 0.330 e. The lowest BCUT2D eigenvalue weighted by molar-refractivity contribution is 0.250. The number of hydrogen-bond acceptors (Lipinski definition) is 3. The maximum Gasteiger partial charge on any atom is 0.00725 e. The Bertz CT molecular complexity index is 122. The molecule has 1 aliphatic heterocycles. The van der Waals surface area contributed by atoms with Gasteiger partial charge >= 0.3 is 0 Å². The Morgan fingerprint density at radius 1 is 1.38 bits per heavy atom. The highest BCUT2D eigenvalue weighted by molar-refractivity contribution is 7.99. The average molecular weight is 202 g/mol. The number of thioether (sulfide) groups is 1. The summed E-state index contributed by atoms with van der Waals surface area (Å²) in [5.41, 5.74) is 5.54. The van der Waals surface area contributed by atoms with E-state index in [9.17, 15) is 0 Å². The molecule has 1 unspecified atom stereocenters. The van der Waals surface area contributed by atoms with Crippen molar-refractivity contribution in [3.63, 3.8) is 0 Å². The van der Waals surface area contributed by atoms with Crippen LogP contribution in [0.2, 0.25) is 0 Å². The van der Waals surface area contributed by atoms with Crippen LogP contribution < -0.4 is 5.73 Å². The summed E-state index contributed by atoms with van der Waals surface area (Å²) in [6.07, 6.45) is 2.53. The maximum absolute atomic E-state index is 5.54. The predicted molar refractivity (Wildman–Crippen MR) is 61.2 cm³/mol. The smallest absolute Gasteiger partial charge is 0.00725 e. The van der Waals surface area contributed by atoms with Crippen LogP contribution in [0.3, 0.4) is 0 Å². The minimum Gasteiger partial charge on any atom is -0.330 e. The molecular weight excluding hydrogens is 180 g/mol. The molecule has 3 heteroatoms. The summed E-state index contributed by atoms with van der Waals surface area (Å²) in [6, 6.07) is 0. The molecule has 1 atom stereocenters. The van der Waals surface area contributed by atoms with E-state index in [1.165, 1.54) is 44.0 Å². The van der Waals surface area contributed by atoms with Gasteiger partial charge in [-0.25, -0.2) is 0 Å². The predicted octanol–water partition coefficient (Wildman–Crippen LogP) is 1.41. The zero-order chi connectivity index (χ0) is 9.52. The Kier molecular flexibility index (Phi) is 5.83. The fourth-order valence-corrected chi connectivity index (χ4v) is 2.72. The first-order valence-electron chi connectivity index (χ1n) is 5.33. The van der Waals surface area contributed by atoms with E-state index in [-0.39, 0.29) is 0 Å². The zero-order valence-corrected chi connectivity index (χ0v) is 9.48. The molecular formula is C10H22N2S. The van der Waals surface area contributed by atoms with E-state index in [1.807, 2.05) is 0 Å². The number of nitrogens with zero attached hydrogens (tertiary/aromatic N) is 1. The average Bonchev–Trinajstić information content (AvgIpc) is 2.33. The summed E-state index contributed by atoms with van der Waals surface area (Å²) in [5.74, 6) is 3.44. The van der Waals surface area contributed by atoms with Crippen LogP contribution in [0.25, 0.3) is 0 Å². The van der Waals surface area contributed by atoms with E-state index >= 15 is 0 Å². The first kappa shape index (κ1) is 11.3. The number of nitrogens with two attached hydrogens (primary N) is 1. The van der Waals surface area contributed by atoms with Crippen LogP contribution in [0, 0.1) is 5.92 Å². The molecule has 0 spiro atoms. The van der Waals surface area contributed by atoms with Crippen molar-refractivity contribution in [3.05, 3.63) is 0 Å². The molecule has 1 heterocycles. The zero-order valence-electron chi connectivity index (χ0n) is 8.67. The highest BCUT2D eigenvalue weighted by Gasteiger charge is 2.11. The van der Waals surface area contributed by atoms with Gasteiger partial charge in [0.05, 0.1) is 0 Å². The van der Waals surface area contributed by atoms with Gasteiger partial charge in [-0.1, -0.05) is 6.92 Å². The third kappa shape index (κ3) is 4.89. The second-order valence-electron chi connectivity index (χ2n) is 3.95. The summed E-state index contributed by atoms with van der Waals surface area (Å²) in [7, 11) is 0. The molecule has 1 fully saturated rings. The van der Waals surface area contributed by atoms with Gasteiger partial charge in [-0.05, 0) is 37.6 Å². The summed E-state index contributed by atoms with van der Waals surface area (Å²) < 4.78 is 0. The van der Waals surface area contributed by atoms with Crippen LogP contribution >= 0.6 is 11.8 Å². The fraction of sp³-hybridized carbons (Fsp3) is 1.00. The Balaban J connectivity index is 2.17. The first-order valence-corrected chi connectivity index (χ1v) is 6.48. The molecule has 1 saturated heterocycles. The van der Waals surface area contributed by atoms with E-state index in [0.717, 1.165) is 12.5 Å². The topological polar surface area (TPSA) is 29.3 Å². The SMILES string of the molecule is CC(CCN)CN1CCCSCC1. The molecule has 0 bridgehead atoms. The number of rotatable bonds is 4. The van der Waals surface area contributed by atoms with E-state index in [2.05, 4.69) is 23.6 Å². The van der Waals surface area contributed by atoms with Gasteiger partial charge in [0, 0.05) is 18.8 Å². The van der Waals surface area contributed by atoms with Crippen molar-refractivity contribution in [1.29, 1.82) is 0 Å². The highest BCUT2D eigenvalue weighted by atomic mass is 32.2. The monoisotopic (exact) mass is 202 g/mol. The lowest BCUT2D eigenvalue weighted by atomic mass is 10.1. The molecule has 0 aliphatic carbocycles. The van der Waals surface area contributed by atoms with Crippen molar-refractivity contribution in [2.24, 2.45) is 11.7 Å². The second kappa shape index (κ2) is 6.68. The molecule has 0 aromatic rings. The van der Waals surface area contributed by atoms with Gasteiger partial charge in [0.2, 0.25) is 0 Å². The van der Waals surface area contributed by atoms with Crippen LogP contribution in [0.4, 0.5) is 0 Å². The Hall–Kier alpha value is 0.270. The standard InChI is InChI=1S/C10H22N2S/c1-10(3-4-11)9-12-5-2-7-13-8-6-12/h10H,2-9,11H2,1H3. The molecule has 1 aliphatic rings. The summed E-state index contributed by atoms with van der Waals surface area (Å²) in [4.78, 5) is 2.60. The molecule has 0 radical (unpaired) electrons. The van der Waals surface area contributed by atoms with Crippen molar-refractivity contribution in [1.82, 2.24) is 4.90 Å². The van der Waals surface area contributed by atoms with Crippen molar-refractivity contribution < 1.29 is 0 Å². The maximum atomic E-state index is 5.54. The van der Waals surface area contributed by atoms with Crippen LogP contribution in [0.1, 0.15) is 19.8 Å². The Labute approximate surface area is 86.2 Å². The molecule has 2 N–H and O–H groups in total. The lowest BCUT2D eigenvalue weighted by Gasteiger charge is -2.23. The Morgan fingerprint density at radius 2 is 2.23 bits per heavy atom. The first-order chi connectivity index (χ1) is 6.33. The van der Waals surface area contributed by atoms with E-state index in [1.54, 1.807) is 0 Å². The molecule has 0 aromatic heterocycles. The van der Waals surface area contributed by atoms with Gasteiger partial charge in [-0.2, -0.15) is 11.8 Å². The summed E-state index contributed by atoms with van der Waals surface area (Å²) >= 11 is 2.09. The van der Waals surface area contributed by atoms with Crippen LogP contribution in [0.15, 0.2) is 0 Å². The third-order valence-electron chi connectivity index (χ3n) is 2.54. The van der Waals surface area contributed by atoms with Gasteiger partial charge in [0.25, 0.3) is 0 Å². The molecule has 1 rings (SSSR count). The van der Waals surface area contributed by atoms with Gasteiger partial charge in [0.1, 0.15) is 0 Å². The minimum absolute atomic E-state index is 0.771. The minimum atomic E-state index is 0.771. The van der Waals surface area contributed by atoms with Crippen molar-refractivity contribution in [2.75, 3.05) is 37.7 Å². The van der Waals surface area contributed by atoms with E-state index < -0.39 is 0 Å². The highest BCUT2D eigenvalue weighted by Crippen LogP contribution is 2.12. The fourth-order valence-electron chi connectivity index (χ4n) is 1.80. The third-order valence-corrected chi connectivity index (χ3v) is 3.59. The van der Waals surface area contributed by atoms with Crippen LogP contribution in [-0.4, -0.2) is 42.6 Å². The molecule has 13 heavy (non-hydrogen) atoms. The molecule has 0 saturated carbocycles. The normalized spacial score (nSPS) is 22.6. The van der Waals surface area contributed by atoms with Crippen LogP contribution in [-0.2, 0) is 0 Å². The van der Waals surface area contributed by atoms with E-state index in [0.29, 0.717) is 0 Å². The van der Waals surface area contributed by atoms with E-state index in [4.69, 9.17) is 5.73 Å². The number of hydrogen-bond donors (Lipinski definition) is 1. The summed E-state index contributed by atoms with van der Waals surface area (Å²) in [6.45, 7) is 6.97. The molecule has 2 nitrogen and oxygen atoms in total. The van der Waals surface area contributed by atoms with Crippen molar-refractivity contribution >= 4 is 11.8 Å². The van der Waals surface area contributed by atoms with Gasteiger partial charge < -0.3 is 10.6 Å². The van der Waals surface area contributed by atoms with Gasteiger partial charge in [-0.3, -0.25) is 0 Å². The van der Waals surface area contributed by atoms with Crippen molar-refractivity contribution in [2.45, 2.75) is 19.8 Å². The molecule has 0 aromatic carbocycles.